The summed E-state index contributed by atoms with van der Waals surface area (Å²) < 4.78 is 2.11. The molecule has 0 bridgehead atoms. The summed E-state index contributed by atoms with van der Waals surface area (Å²) in [5, 5.41) is 12.9. The maximum atomic E-state index is 9.45. The SMILES string of the molecule is CCn1cncc1CNC(C)c1cccc(O)c1. The number of hydrogen-bond donors (Lipinski definition) is 2. The summed E-state index contributed by atoms with van der Waals surface area (Å²) >= 11 is 0. The summed E-state index contributed by atoms with van der Waals surface area (Å²) in [5.41, 5.74) is 2.25. The van der Waals surface area contributed by atoms with Gasteiger partial charge in [-0.2, -0.15) is 0 Å². The van der Waals surface area contributed by atoms with Crippen molar-refractivity contribution in [1.29, 1.82) is 0 Å². The van der Waals surface area contributed by atoms with Crippen LogP contribution in [0.1, 0.15) is 31.1 Å². The maximum absolute atomic E-state index is 9.45. The number of phenols is 1. The van der Waals surface area contributed by atoms with Crippen molar-refractivity contribution in [3.63, 3.8) is 0 Å². The average Bonchev–Trinajstić information content (AvgIpc) is 2.83. The number of benzene rings is 1. The lowest BCUT2D eigenvalue weighted by Crippen LogP contribution is -2.19. The van der Waals surface area contributed by atoms with Gasteiger partial charge in [-0.15, -0.1) is 0 Å². The molecule has 1 heterocycles. The fourth-order valence-corrected chi connectivity index (χ4v) is 1.95. The Hall–Kier alpha value is -1.81. The van der Waals surface area contributed by atoms with E-state index in [1.807, 2.05) is 24.7 Å². The first-order valence-electron chi connectivity index (χ1n) is 6.22. The van der Waals surface area contributed by atoms with Crippen LogP contribution in [0.5, 0.6) is 5.75 Å². The number of nitrogens with one attached hydrogen (secondary N) is 1. The highest BCUT2D eigenvalue weighted by Gasteiger charge is 2.07. The van der Waals surface area contributed by atoms with E-state index < -0.39 is 0 Å². The lowest BCUT2D eigenvalue weighted by molar-refractivity contribution is 0.471. The molecule has 2 N–H and O–H groups in total. The first-order valence-corrected chi connectivity index (χ1v) is 6.22. The number of phenolic OH excluding ortho intramolecular Hbond substituents is 1. The highest BCUT2D eigenvalue weighted by Crippen LogP contribution is 2.18. The number of rotatable bonds is 5. The second-order valence-electron chi connectivity index (χ2n) is 4.37. The van der Waals surface area contributed by atoms with Gasteiger partial charge in [0.25, 0.3) is 0 Å². The topological polar surface area (TPSA) is 50.1 Å². The van der Waals surface area contributed by atoms with Gasteiger partial charge < -0.3 is 15.0 Å². The quantitative estimate of drug-likeness (QED) is 0.850. The molecule has 0 radical (unpaired) electrons. The van der Waals surface area contributed by atoms with Crippen molar-refractivity contribution in [2.45, 2.75) is 33.0 Å². The number of hydrogen-bond acceptors (Lipinski definition) is 3. The normalized spacial score (nSPS) is 12.6. The van der Waals surface area contributed by atoms with Crippen molar-refractivity contribution in [2.24, 2.45) is 0 Å². The molecule has 1 aromatic heterocycles. The van der Waals surface area contributed by atoms with E-state index in [0.717, 1.165) is 18.7 Å². The Balaban J connectivity index is 1.98. The molecule has 2 aromatic rings. The molecule has 4 nitrogen and oxygen atoms in total. The van der Waals surface area contributed by atoms with Crippen LogP contribution in [0, 0.1) is 0 Å². The summed E-state index contributed by atoms with van der Waals surface area (Å²) in [6.07, 6.45) is 3.72. The molecule has 0 fully saturated rings. The molecule has 4 heteroatoms. The largest absolute Gasteiger partial charge is 0.508 e. The van der Waals surface area contributed by atoms with Crippen LogP contribution in [0.4, 0.5) is 0 Å². The van der Waals surface area contributed by atoms with E-state index in [1.54, 1.807) is 12.1 Å². The van der Waals surface area contributed by atoms with E-state index in [-0.39, 0.29) is 6.04 Å². The van der Waals surface area contributed by atoms with Crippen LogP contribution in [0.2, 0.25) is 0 Å². The molecule has 0 amide bonds. The molecule has 1 atom stereocenters. The van der Waals surface area contributed by atoms with Crippen LogP contribution in [0.25, 0.3) is 0 Å². The molecule has 1 aromatic carbocycles. The zero-order chi connectivity index (χ0) is 13.0. The average molecular weight is 245 g/mol. The van der Waals surface area contributed by atoms with E-state index in [0.29, 0.717) is 5.75 Å². The fraction of sp³-hybridized carbons (Fsp3) is 0.357. The van der Waals surface area contributed by atoms with Crippen molar-refractivity contribution < 1.29 is 5.11 Å². The van der Waals surface area contributed by atoms with Crippen molar-refractivity contribution in [3.8, 4) is 5.75 Å². The molecule has 2 rings (SSSR count). The lowest BCUT2D eigenvalue weighted by Gasteiger charge is -2.15. The van der Waals surface area contributed by atoms with Crippen LogP contribution >= 0.6 is 0 Å². The third-order valence-corrected chi connectivity index (χ3v) is 3.10. The van der Waals surface area contributed by atoms with Gasteiger partial charge in [0.15, 0.2) is 0 Å². The lowest BCUT2D eigenvalue weighted by atomic mass is 10.1. The van der Waals surface area contributed by atoms with Gasteiger partial charge in [-0.3, -0.25) is 0 Å². The summed E-state index contributed by atoms with van der Waals surface area (Å²) in [5.74, 6) is 0.305. The van der Waals surface area contributed by atoms with Gasteiger partial charge in [-0.1, -0.05) is 12.1 Å². The van der Waals surface area contributed by atoms with Gasteiger partial charge in [0.05, 0.1) is 12.0 Å². The molecular weight excluding hydrogens is 226 g/mol. The number of aryl methyl sites for hydroxylation is 1. The molecular formula is C14H19N3O. The third-order valence-electron chi connectivity index (χ3n) is 3.10. The Labute approximate surface area is 107 Å². The highest BCUT2D eigenvalue weighted by atomic mass is 16.3. The molecule has 0 aliphatic rings. The Kier molecular flexibility index (Phi) is 3.99. The van der Waals surface area contributed by atoms with Gasteiger partial charge in [-0.05, 0) is 31.5 Å². The summed E-state index contributed by atoms with van der Waals surface area (Å²) in [6.45, 7) is 5.88. The molecule has 0 aliphatic heterocycles. The monoisotopic (exact) mass is 245 g/mol. The van der Waals surface area contributed by atoms with E-state index in [9.17, 15) is 5.11 Å². The Morgan fingerprint density at radius 2 is 2.28 bits per heavy atom. The van der Waals surface area contributed by atoms with Crippen molar-refractivity contribution in [3.05, 3.63) is 48.0 Å². The van der Waals surface area contributed by atoms with E-state index in [1.165, 1.54) is 5.69 Å². The third kappa shape index (κ3) is 2.90. The van der Waals surface area contributed by atoms with Crippen molar-refractivity contribution >= 4 is 0 Å². The standard InChI is InChI=1S/C14H19N3O/c1-3-17-10-15-8-13(17)9-16-11(2)12-5-4-6-14(18)7-12/h4-8,10-11,16,18H,3,9H2,1-2H3. The zero-order valence-electron chi connectivity index (χ0n) is 10.8. The number of nitrogens with zero attached hydrogens (tertiary/aromatic N) is 2. The predicted octanol–water partition coefficient (Wildman–Crippen LogP) is 2.46. The van der Waals surface area contributed by atoms with Gasteiger partial charge in [0, 0.05) is 25.3 Å². The molecule has 18 heavy (non-hydrogen) atoms. The predicted molar refractivity (Wildman–Crippen MR) is 71.3 cm³/mol. The molecule has 96 valence electrons. The molecule has 0 spiro atoms. The van der Waals surface area contributed by atoms with E-state index in [4.69, 9.17) is 0 Å². The number of aromatic hydroxyl groups is 1. The Bertz CT molecular complexity index is 507. The smallest absolute Gasteiger partial charge is 0.115 e. The van der Waals surface area contributed by atoms with Crippen LogP contribution in [-0.4, -0.2) is 14.7 Å². The second kappa shape index (κ2) is 5.69. The Morgan fingerprint density at radius 1 is 1.44 bits per heavy atom. The van der Waals surface area contributed by atoms with Crippen LogP contribution in [0.15, 0.2) is 36.8 Å². The van der Waals surface area contributed by atoms with Crippen molar-refractivity contribution in [1.82, 2.24) is 14.9 Å². The minimum absolute atomic E-state index is 0.192. The summed E-state index contributed by atoms with van der Waals surface area (Å²) in [6, 6.07) is 7.53. The fourth-order valence-electron chi connectivity index (χ4n) is 1.95. The summed E-state index contributed by atoms with van der Waals surface area (Å²) in [4.78, 5) is 4.14. The Morgan fingerprint density at radius 3 is 3.00 bits per heavy atom. The highest BCUT2D eigenvalue weighted by molar-refractivity contribution is 5.29. The van der Waals surface area contributed by atoms with Gasteiger partial charge >= 0.3 is 0 Å². The van der Waals surface area contributed by atoms with Crippen LogP contribution < -0.4 is 5.32 Å². The minimum atomic E-state index is 0.192. The van der Waals surface area contributed by atoms with E-state index in [2.05, 4.69) is 28.7 Å². The maximum Gasteiger partial charge on any atom is 0.115 e. The number of aromatic nitrogens is 2. The van der Waals surface area contributed by atoms with Gasteiger partial charge in [0.2, 0.25) is 0 Å². The molecule has 0 saturated heterocycles. The first kappa shape index (κ1) is 12.6. The van der Waals surface area contributed by atoms with Gasteiger partial charge in [0.1, 0.15) is 5.75 Å². The minimum Gasteiger partial charge on any atom is -0.508 e. The second-order valence-corrected chi connectivity index (χ2v) is 4.37. The molecule has 0 aliphatic carbocycles. The first-order chi connectivity index (χ1) is 8.70. The zero-order valence-corrected chi connectivity index (χ0v) is 10.8. The van der Waals surface area contributed by atoms with E-state index >= 15 is 0 Å². The summed E-state index contributed by atoms with van der Waals surface area (Å²) in [7, 11) is 0. The van der Waals surface area contributed by atoms with Crippen LogP contribution in [0.3, 0.4) is 0 Å². The van der Waals surface area contributed by atoms with Crippen molar-refractivity contribution in [2.75, 3.05) is 0 Å². The molecule has 0 saturated carbocycles. The number of imidazole rings is 1. The molecule has 1 unspecified atom stereocenters. The van der Waals surface area contributed by atoms with Gasteiger partial charge in [-0.25, -0.2) is 4.98 Å². The van der Waals surface area contributed by atoms with Crippen LogP contribution in [-0.2, 0) is 13.1 Å².